The van der Waals surface area contributed by atoms with Crippen molar-refractivity contribution in [3.05, 3.63) is 54.4 Å². The number of esters is 1. The highest BCUT2D eigenvalue weighted by Gasteiger charge is 2.10. The van der Waals surface area contributed by atoms with Gasteiger partial charge in [0.15, 0.2) is 6.61 Å². The maximum Gasteiger partial charge on any atom is 0.338 e. The summed E-state index contributed by atoms with van der Waals surface area (Å²) < 4.78 is 6.74. The Morgan fingerprint density at radius 3 is 2.32 bits per heavy atom. The van der Waals surface area contributed by atoms with E-state index in [1.54, 1.807) is 24.3 Å². The van der Waals surface area contributed by atoms with Gasteiger partial charge in [0.2, 0.25) is 5.91 Å². The first-order chi connectivity index (χ1) is 10.6. The zero-order valence-corrected chi connectivity index (χ0v) is 11.7. The number of hydrogen-bond acceptors (Lipinski definition) is 4. The molecule has 1 heterocycles. The highest BCUT2D eigenvalue weighted by atomic mass is 16.5. The first-order valence-electron chi connectivity index (χ1n) is 6.52. The third-order valence-electron chi connectivity index (χ3n) is 2.80. The van der Waals surface area contributed by atoms with E-state index < -0.39 is 24.4 Å². The van der Waals surface area contributed by atoms with Crippen LogP contribution in [0.15, 0.2) is 48.8 Å². The molecule has 2 amide bonds. The minimum absolute atomic E-state index is 0.290. The number of primary amides is 1. The Morgan fingerprint density at radius 2 is 1.73 bits per heavy atom. The second kappa shape index (κ2) is 7.07. The molecule has 2 aromatic rings. The van der Waals surface area contributed by atoms with Crippen molar-refractivity contribution in [3.63, 3.8) is 0 Å². The van der Waals surface area contributed by atoms with Crippen molar-refractivity contribution in [2.75, 3.05) is 13.2 Å². The van der Waals surface area contributed by atoms with Crippen molar-refractivity contribution in [1.29, 1.82) is 0 Å². The summed E-state index contributed by atoms with van der Waals surface area (Å²) >= 11 is 0. The molecule has 0 atom stereocenters. The molecular formula is C15H15N3O4. The Morgan fingerprint density at radius 1 is 1.09 bits per heavy atom. The normalized spacial score (nSPS) is 10.0. The van der Waals surface area contributed by atoms with Crippen LogP contribution in [0.5, 0.6) is 0 Å². The second-order valence-electron chi connectivity index (χ2n) is 4.46. The Labute approximate surface area is 126 Å². The minimum Gasteiger partial charge on any atom is -0.452 e. The third kappa shape index (κ3) is 4.20. The fourth-order valence-electron chi connectivity index (χ4n) is 1.73. The lowest BCUT2D eigenvalue weighted by Crippen LogP contribution is -2.35. The first-order valence-corrected chi connectivity index (χ1v) is 6.52. The highest BCUT2D eigenvalue weighted by molar-refractivity contribution is 5.92. The van der Waals surface area contributed by atoms with Gasteiger partial charge in [-0.05, 0) is 36.4 Å². The van der Waals surface area contributed by atoms with E-state index in [2.05, 4.69) is 5.32 Å². The lowest BCUT2D eigenvalue weighted by molar-refractivity contribution is -0.127. The number of benzene rings is 1. The molecule has 0 unspecified atom stereocenters. The molecule has 114 valence electrons. The van der Waals surface area contributed by atoms with E-state index in [9.17, 15) is 14.4 Å². The largest absolute Gasteiger partial charge is 0.452 e. The van der Waals surface area contributed by atoms with Crippen LogP contribution in [0.2, 0.25) is 0 Å². The Kier molecular flexibility index (Phi) is 4.92. The van der Waals surface area contributed by atoms with Crippen LogP contribution >= 0.6 is 0 Å². The predicted octanol–water partition coefficient (Wildman–Crippen LogP) is 0.236. The van der Waals surface area contributed by atoms with Crippen LogP contribution in [0.1, 0.15) is 10.4 Å². The summed E-state index contributed by atoms with van der Waals surface area (Å²) in [6.07, 6.45) is 3.77. The SMILES string of the molecule is NC(=O)CNC(=O)COC(=O)c1ccc(-n2cccc2)cc1. The molecule has 0 spiro atoms. The first kappa shape index (κ1) is 15.3. The monoisotopic (exact) mass is 301 g/mol. The van der Waals surface area contributed by atoms with Crippen LogP contribution in [-0.4, -0.2) is 35.5 Å². The van der Waals surface area contributed by atoms with Crippen LogP contribution in [0, 0.1) is 0 Å². The molecule has 0 bridgehead atoms. The number of amides is 2. The van der Waals surface area contributed by atoms with Gasteiger partial charge in [0, 0.05) is 18.1 Å². The minimum atomic E-state index is -0.666. The number of rotatable bonds is 6. The van der Waals surface area contributed by atoms with Crippen molar-refractivity contribution in [3.8, 4) is 5.69 Å². The van der Waals surface area contributed by atoms with Gasteiger partial charge in [-0.2, -0.15) is 0 Å². The molecule has 0 radical (unpaired) electrons. The van der Waals surface area contributed by atoms with Gasteiger partial charge >= 0.3 is 5.97 Å². The number of nitrogens with two attached hydrogens (primary N) is 1. The zero-order valence-electron chi connectivity index (χ0n) is 11.7. The van der Waals surface area contributed by atoms with E-state index in [1.165, 1.54) is 0 Å². The van der Waals surface area contributed by atoms with E-state index in [-0.39, 0.29) is 6.54 Å². The number of ether oxygens (including phenoxy) is 1. The lowest BCUT2D eigenvalue weighted by atomic mass is 10.2. The maximum absolute atomic E-state index is 11.8. The lowest BCUT2D eigenvalue weighted by Gasteiger charge is -2.06. The Balaban J connectivity index is 1.87. The number of nitrogens with one attached hydrogen (secondary N) is 1. The van der Waals surface area contributed by atoms with Crippen molar-refractivity contribution >= 4 is 17.8 Å². The molecule has 0 saturated carbocycles. The molecule has 0 fully saturated rings. The maximum atomic E-state index is 11.8. The summed E-state index contributed by atoms with van der Waals surface area (Å²) in [7, 11) is 0. The van der Waals surface area contributed by atoms with Gasteiger partial charge in [0.25, 0.3) is 5.91 Å². The summed E-state index contributed by atoms with van der Waals surface area (Å²) in [4.78, 5) is 33.6. The van der Waals surface area contributed by atoms with Crippen LogP contribution in [0.3, 0.4) is 0 Å². The summed E-state index contributed by atoms with van der Waals surface area (Å²) in [6, 6.07) is 10.5. The fourth-order valence-corrected chi connectivity index (χ4v) is 1.73. The van der Waals surface area contributed by atoms with Gasteiger partial charge in [0.1, 0.15) is 0 Å². The van der Waals surface area contributed by atoms with Gasteiger partial charge in [-0.25, -0.2) is 4.79 Å². The standard InChI is InChI=1S/C15H15N3O4/c16-13(19)9-17-14(20)10-22-15(21)11-3-5-12(6-4-11)18-7-1-2-8-18/h1-8H,9-10H2,(H2,16,19)(H,17,20). The predicted molar refractivity (Wildman–Crippen MR) is 78.3 cm³/mol. The zero-order chi connectivity index (χ0) is 15.9. The third-order valence-corrected chi connectivity index (χ3v) is 2.80. The number of hydrogen-bond donors (Lipinski definition) is 2. The number of nitrogens with zero attached hydrogens (tertiary/aromatic N) is 1. The van der Waals surface area contributed by atoms with E-state index in [0.717, 1.165) is 5.69 Å². The quantitative estimate of drug-likeness (QED) is 0.746. The summed E-state index contributed by atoms with van der Waals surface area (Å²) in [5.74, 6) is -1.87. The van der Waals surface area contributed by atoms with E-state index >= 15 is 0 Å². The summed E-state index contributed by atoms with van der Waals surface area (Å²) in [5, 5.41) is 2.22. The molecule has 22 heavy (non-hydrogen) atoms. The van der Waals surface area contributed by atoms with E-state index in [0.29, 0.717) is 5.56 Å². The highest BCUT2D eigenvalue weighted by Crippen LogP contribution is 2.10. The molecule has 3 N–H and O–H groups in total. The van der Waals surface area contributed by atoms with Gasteiger partial charge in [-0.3, -0.25) is 9.59 Å². The van der Waals surface area contributed by atoms with Crippen LogP contribution in [-0.2, 0) is 14.3 Å². The van der Waals surface area contributed by atoms with Crippen molar-refractivity contribution in [2.24, 2.45) is 5.73 Å². The average Bonchev–Trinajstić information content (AvgIpc) is 3.05. The summed E-state index contributed by atoms with van der Waals surface area (Å²) in [6.45, 7) is -0.757. The fraction of sp³-hybridized carbons (Fsp3) is 0.133. The smallest absolute Gasteiger partial charge is 0.338 e. The number of carbonyl (C=O) groups excluding carboxylic acids is 3. The molecule has 0 saturated heterocycles. The van der Waals surface area contributed by atoms with Crippen LogP contribution in [0.25, 0.3) is 5.69 Å². The second-order valence-corrected chi connectivity index (χ2v) is 4.46. The van der Waals surface area contributed by atoms with Gasteiger partial charge in [0.05, 0.1) is 12.1 Å². The van der Waals surface area contributed by atoms with E-state index in [4.69, 9.17) is 10.5 Å². The number of carbonyl (C=O) groups is 3. The molecule has 2 rings (SSSR count). The summed E-state index contributed by atoms with van der Waals surface area (Å²) in [5.41, 5.74) is 6.11. The van der Waals surface area contributed by atoms with Gasteiger partial charge < -0.3 is 20.4 Å². The van der Waals surface area contributed by atoms with Crippen molar-refractivity contribution in [2.45, 2.75) is 0 Å². The van der Waals surface area contributed by atoms with E-state index in [1.807, 2.05) is 29.1 Å². The van der Waals surface area contributed by atoms with Crippen LogP contribution in [0.4, 0.5) is 0 Å². The molecule has 1 aromatic carbocycles. The Hall–Kier alpha value is -3.09. The molecule has 1 aromatic heterocycles. The molecular weight excluding hydrogens is 286 g/mol. The average molecular weight is 301 g/mol. The van der Waals surface area contributed by atoms with Crippen LogP contribution < -0.4 is 11.1 Å². The van der Waals surface area contributed by atoms with Gasteiger partial charge in [-0.15, -0.1) is 0 Å². The molecule has 0 aliphatic rings. The molecule has 0 aliphatic carbocycles. The van der Waals surface area contributed by atoms with Crippen molar-refractivity contribution in [1.82, 2.24) is 9.88 Å². The molecule has 7 heteroatoms. The Bertz CT molecular complexity index is 663. The molecule has 7 nitrogen and oxygen atoms in total. The number of aromatic nitrogens is 1. The van der Waals surface area contributed by atoms with Gasteiger partial charge in [-0.1, -0.05) is 0 Å². The van der Waals surface area contributed by atoms with Crippen molar-refractivity contribution < 1.29 is 19.1 Å². The molecule has 0 aliphatic heterocycles. The topological polar surface area (TPSA) is 103 Å².